The van der Waals surface area contributed by atoms with Crippen molar-refractivity contribution < 1.29 is 13.9 Å². The molecule has 4 nitrogen and oxygen atoms in total. The predicted molar refractivity (Wildman–Crippen MR) is 68.2 cm³/mol. The van der Waals surface area contributed by atoms with E-state index in [0.717, 1.165) is 25.5 Å². The van der Waals surface area contributed by atoms with Crippen LogP contribution < -0.4 is 0 Å². The average molecular weight is 287 g/mol. The first kappa shape index (κ1) is 14.2. The number of hydrogen-bond acceptors (Lipinski definition) is 4. The molecule has 1 heterocycles. The minimum absolute atomic E-state index is 0.0525. The van der Waals surface area contributed by atoms with Gasteiger partial charge < -0.3 is 4.74 Å². The number of halogens is 2. The zero-order chi connectivity index (χ0) is 13.8. The summed E-state index contributed by atoms with van der Waals surface area (Å²) in [5.74, 6) is -0.460. The Labute approximate surface area is 116 Å². The van der Waals surface area contributed by atoms with E-state index in [1.54, 1.807) is 0 Å². The molecule has 2 atom stereocenters. The Kier molecular flexibility index (Phi) is 4.69. The molecule has 0 aromatic carbocycles. The zero-order valence-corrected chi connectivity index (χ0v) is 11.5. The maximum atomic E-state index is 13.6. The van der Waals surface area contributed by atoms with Gasteiger partial charge in [0.2, 0.25) is 5.28 Å². The van der Waals surface area contributed by atoms with Crippen molar-refractivity contribution in [1.82, 2.24) is 9.97 Å². The largest absolute Gasteiger partial charge is 0.469 e. The van der Waals surface area contributed by atoms with E-state index in [2.05, 4.69) is 9.97 Å². The third kappa shape index (κ3) is 3.62. The Morgan fingerprint density at radius 2 is 2.37 bits per heavy atom. The lowest BCUT2D eigenvalue weighted by atomic mass is 9.79. The van der Waals surface area contributed by atoms with E-state index in [9.17, 15) is 9.18 Å². The van der Waals surface area contributed by atoms with Gasteiger partial charge in [-0.15, -0.1) is 0 Å². The van der Waals surface area contributed by atoms with Gasteiger partial charge in [0.15, 0.2) is 5.82 Å². The smallest absolute Gasteiger partial charge is 0.308 e. The van der Waals surface area contributed by atoms with Gasteiger partial charge in [0.1, 0.15) is 0 Å². The van der Waals surface area contributed by atoms with E-state index in [1.807, 2.05) is 0 Å². The van der Waals surface area contributed by atoms with Gasteiger partial charge in [0, 0.05) is 0 Å². The normalized spacial score (nSPS) is 23.1. The van der Waals surface area contributed by atoms with Crippen LogP contribution in [0.25, 0.3) is 0 Å². The number of rotatable bonds is 3. The first-order valence-corrected chi connectivity index (χ1v) is 6.72. The molecule has 0 bridgehead atoms. The van der Waals surface area contributed by atoms with E-state index in [1.165, 1.54) is 7.11 Å². The number of aromatic nitrogens is 2. The van der Waals surface area contributed by atoms with E-state index in [0.29, 0.717) is 18.5 Å². The van der Waals surface area contributed by atoms with E-state index in [4.69, 9.17) is 16.3 Å². The van der Waals surface area contributed by atoms with Crippen molar-refractivity contribution in [2.24, 2.45) is 11.8 Å². The van der Waals surface area contributed by atoms with E-state index in [-0.39, 0.29) is 23.1 Å². The molecule has 0 amide bonds. The molecular formula is C13H16ClFN2O2. The van der Waals surface area contributed by atoms with E-state index >= 15 is 0 Å². The lowest BCUT2D eigenvalue weighted by molar-refractivity contribution is -0.147. The number of carbonyl (C=O) groups excluding carboxylic acids is 1. The summed E-state index contributed by atoms with van der Waals surface area (Å²) in [6.45, 7) is 0. The fourth-order valence-electron chi connectivity index (χ4n) is 2.65. The van der Waals surface area contributed by atoms with Crippen molar-refractivity contribution in [2.75, 3.05) is 7.11 Å². The lowest BCUT2D eigenvalue weighted by Gasteiger charge is -2.27. The topological polar surface area (TPSA) is 52.1 Å². The Bertz CT molecular complexity index is 470. The molecule has 0 radical (unpaired) electrons. The van der Waals surface area contributed by atoms with Gasteiger partial charge in [-0.3, -0.25) is 4.79 Å². The molecule has 1 saturated carbocycles. The molecular weight excluding hydrogens is 271 g/mol. The summed E-state index contributed by atoms with van der Waals surface area (Å²) < 4.78 is 18.3. The van der Waals surface area contributed by atoms with Crippen molar-refractivity contribution in [1.29, 1.82) is 0 Å². The van der Waals surface area contributed by atoms with Crippen LogP contribution in [0.1, 0.15) is 31.4 Å². The predicted octanol–water partition coefficient (Wildman–Crippen LogP) is 2.79. The summed E-state index contributed by atoms with van der Waals surface area (Å²) in [4.78, 5) is 19.1. The van der Waals surface area contributed by atoms with Gasteiger partial charge in [0.05, 0.1) is 24.9 Å². The van der Waals surface area contributed by atoms with Crippen LogP contribution in [-0.4, -0.2) is 23.0 Å². The summed E-state index contributed by atoms with van der Waals surface area (Å²) in [5, 5.41) is 0.0525. The fraction of sp³-hybridized carbons (Fsp3) is 0.615. The van der Waals surface area contributed by atoms with Gasteiger partial charge in [-0.2, -0.15) is 0 Å². The van der Waals surface area contributed by atoms with Crippen molar-refractivity contribution >= 4 is 17.6 Å². The van der Waals surface area contributed by atoms with Gasteiger partial charge in [-0.1, -0.05) is 12.8 Å². The second-order valence-corrected chi connectivity index (χ2v) is 5.23. The Morgan fingerprint density at radius 1 is 1.58 bits per heavy atom. The molecule has 0 spiro atoms. The molecule has 1 fully saturated rings. The second-order valence-electron chi connectivity index (χ2n) is 4.89. The van der Waals surface area contributed by atoms with Crippen LogP contribution in [0, 0.1) is 17.7 Å². The van der Waals surface area contributed by atoms with Crippen LogP contribution in [-0.2, 0) is 16.0 Å². The summed E-state index contributed by atoms with van der Waals surface area (Å²) in [7, 11) is 1.40. The molecule has 1 aromatic heterocycles. The first-order valence-electron chi connectivity index (χ1n) is 6.35. The van der Waals surface area contributed by atoms with Gasteiger partial charge >= 0.3 is 5.97 Å². The highest BCUT2D eigenvalue weighted by Crippen LogP contribution is 2.32. The standard InChI is InChI=1S/C13H16ClFN2O2/c1-19-12(18)9-4-2-3-8(5-9)6-11-10(15)7-16-13(14)17-11/h7-9H,2-6H2,1H3/t8-,9+/m0/s1. The van der Waals surface area contributed by atoms with Crippen molar-refractivity contribution in [2.45, 2.75) is 32.1 Å². The van der Waals surface area contributed by atoms with E-state index < -0.39 is 5.82 Å². The van der Waals surface area contributed by atoms with Crippen LogP contribution in [0.3, 0.4) is 0 Å². The molecule has 0 saturated heterocycles. The number of carbonyl (C=O) groups is 1. The molecule has 0 aliphatic heterocycles. The van der Waals surface area contributed by atoms with Crippen LogP contribution >= 0.6 is 11.6 Å². The highest BCUT2D eigenvalue weighted by Gasteiger charge is 2.28. The summed E-state index contributed by atoms with van der Waals surface area (Å²) in [6, 6.07) is 0. The lowest BCUT2D eigenvalue weighted by Crippen LogP contribution is -2.25. The third-order valence-electron chi connectivity index (χ3n) is 3.59. The molecule has 1 aromatic rings. The Morgan fingerprint density at radius 3 is 3.11 bits per heavy atom. The molecule has 6 heteroatoms. The quantitative estimate of drug-likeness (QED) is 0.633. The first-order chi connectivity index (χ1) is 9.10. The number of methoxy groups -OCH3 is 1. The number of hydrogen-bond donors (Lipinski definition) is 0. The monoisotopic (exact) mass is 286 g/mol. The number of nitrogens with zero attached hydrogens (tertiary/aromatic N) is 2. The molecule has 19 heavy (non-hydrogen) atoms. The van der Waals surface area contributed by atoms with Crippen molar-refractivity contribution in [3.8, 4) is 0 Å². The second kappa shape index (κ2) is 6.28. The van der Waals surface area contributed by atoms with Crippen LogP contribution in [0.5, 0.6) is 0 Å². The van der Waals surface area contributed by atoms with Gasteiger partial charge in [-0.05, 0) is 36.8 Å². The van der Waals surface area contributed by atoms with Gasteiger partial charge in [-0.25, -0.2) is 14.4 Å². The number of ether oxygens (including phenoxy) is 1. The Hall–Kier alpha value is -1.23. The summed E-state index contributed by atoms with van der Waals surface area (Å²) >= 11 is 5.67. The van der Waals surface area contributed by atoms with Crippen molar-refractivity contribution in [3.05, 3.63) is 23.0 Å². The molecule has 1 aliphatic carbocycles. The van der Waals surface area contributed by atoms with Crippen molar-refractivity contribution in [3.63, 3.8) is 0 Å². The molecule has 1 aliphatic rings. The molecule has 0 unspecified atom stereocenters. The Balaban J connectivity index is 2.02. The third-order valence-corrected chi connectivity index (χ3v) is 3.77. The molecule has 104 valence electrons. The highest BCUT2D eigenvalue weighted by molar-refractivity contribution is 6.28. The molecule has 2 rings (SSSR count). The maximum absolute atomic E-state index is 13.6. The fourth-order valence-corrected chi connectivity index (χ4v) is 2.80. The van der Waals surface area contributed by atoms with Gasteiger partial charge in [0.25, 0.3) is 0 Å². The van der Waals surface area contributed by atoms with Crippen LogP contribution in [0.2, 0.25) is 5.28 Å². The minimum atomic E-state index is -0.440. The highest BCUT2D eigenvalue weighted by atomic mass is 35.5. The SMILES string of the molecule is COC(=O)[C@@H]1CCC[C@H](Cc2nc(Cl)ncc2F)C1. The number of esters is 1. The maximum Gasteiger partial charge on any atom is 0.308 e. The van der Waals surface area contributed by atoms with Crippen LogP contribution in [0.4, 0.5) is 4.39 Å². The summed E-state index contributed by atoms with van der Waals surface area (Å²) in [5.41, 5.74) is 0.329. The zero-order valence-electron chi connectivity index (χ0n) is 10.7. The minimum Gasteiger partial charge on any atom is -0.469 e. The summed E-state index contributed by atoms with van der Waals surface area (Å²) in [6.07, 6.45) is 5.05. The average Bonchev–Trinajstić information content (AvgIpc) is 2.42. The molecule has 0 N–H and O–H groups in total. The van der Waals surface area contributed by atoms with Crippen LogP contribution in [0.15, 0.2) is 6.20 Å².